The molecule has 36 heavy (non-hydrogen) atoms. The van der Waals surface area contributed by atoms with Gasteiger partial charge in [0.05, 0.1) is 16.9 Å². The van der Waals surface area contributed by atoms with Gasteiger partial charge in [-0.15, -0.1) is 0 Å². The zero-order valence-electron chi connectivity index (χ0n) is 20.1. The second-order valence-electron chi connectivity index (χ2n) is 8.86. The highest BCUT2D eigenvalue weighted by Crippen LogP contribution is 2.24. The van der Waals surface area contributed by atoms with Crippen molar-refractivity contribution in [3.05, 3.63) is 70.0 Å². The van der Waals surface area contributed by atoms with Gasteiger partial charge in [0, 0.05) is 24.7 Å². The lowest BCUT2D eigenvalue weighted by Crippen LogP contribution is -2.52. The molecule has 3 rings (SSSR count). The fraction of sp³-hybridized carbons (Fsp3) is 0.417. The Bertz CT molecular complexity index is 1220. The van der Waals surface area contributed by atoms with E-state index < -0.39 is 39.3 Å². The molecule has 2 amide bonds. The van der Waals surface area contributed by atoms with Gasteiger partial charge in [0.15, 0.2) is 0 Å². The van der Waals surface area contributed by atoms with Gasteiger partial charge in [-0.3, -0.25) is 24.0 Å². The summed E-state index contributed by atoms with van der Waals surface area (Å²) in [4.78, 5) is 38.2. The number of carbonyl (C=O) groups excluding carboxylic acids is 2. The average molecular weight is 521 g/mol. The van der Waals surface area contributed by atoms with Crippen LogP contribution in [-0.4, -0.2) is 54.9 Å². The summed E-state index contributed by atoms with van der Waals surface area (Å²) in [6, 6.07) is 9.43. The predicted molar refractivity (Wildman–Crippen MR) is 132 cm³/mol. The first kappa shape index (κ1) is 27.1. The van der Waals surface area contributed by atoms with Crippen LogP contribution in [0.4, 0.5) is 15.8 Å². The summed E-state index contributed by atoms with van der Waals surface area (Å²) in [6.45, 7) is 0.803. The van der Waals surface area contributed by atoms with Crippen LogP contribution in [0.15, 0.2) is 48.5 Å². The van der Waals surface area contributed by atoms with Crippen molar-refractivity contribution in [3.63, 3.8) is 0 Å². The van der Waals surface area contributed by atoms with Crippen LogP contribution >= 0.6 is 0 Å². The Morgan fingerprint density at radius 3 is 2.39 bits per heavy atom. The number of anilines is 1. The summed E-state index contributed by atoms with van der Waals surface area (Å²) >= 11 is 0. The van der Waals surface area contributed by atoms with Crippen LogP contribution in [0, 0.1) is 15.9 Å². The molecule has 0 heterocycles. The first-order chi connectivity index (χ1) is 17.0. The van der Waals surface area contributed by atoms with Crippen molar-refractivity contribution in [2.75, 3.05) is 17.1 Å². The molecule has 1 saturated carbocycles. The molecule has 0 saturated heterocycles. The molecule has 12 heteroatoms. The number of non-ortho nitro benzene ring substituents is 1. The van der Waals surface area contributed by atoms with Gasteiger partial charge in [-0.1, -0.05) is 31.0 Å². The molecule has 10 nitrogen and oxygen atoms in total. The maximum absolute atomic E-state index is 13.5. The predicted octanol–water partition coefficient (Wildman–Crippen LogP) is 2.98. The van der Waals surface area contributed by atoms with Crippen LogP contribution in [0.2, 0.25) is 0 Å². The number of halogens is 1. The molecule has 1 fully saturated rings. The van der Waals surface area contributed by atoms with E-state index in [0.717, 1.165) is 42.3 Å². The molecular weight excluding hydrogens is 491 g/mol. The standard InChI is InChI=1S/C24H29FN4O6S/c1-17(24(31)26-20-6-3-4-7-20)27(15-18-10-12-19(25)13-11-18)23(30)16-28(36(2,34)35)21-8-5-9-22(14-21)29(32)33/h5,8-14,17,20H,3-4,6-7,15-16H2,1-2H3,(H,26,31)/t17-/m1/s1. The number of nitro groups is 1. The summed E-state index contributed by atoms with van der Waals surface area (Å²) in [5.41, 5.74) is 0.164. The number of nitrogens with zero attached hydrogens (tertiary/aromatic N) is 3. The molecule has 0 unspecified atom stereocenters. The normalized spacial score (nSPS) is 14.8. The molecule has 1 atom stereocenters. The molecule has 0 radical (unpaired) electrons. The SMILES string of the molecule is C[C@H](C(=O)NC1CCCC1)N(Cc1ccc(F)cc1)C(=O)CN(c1cccc([N+](=O)[O-])c1)S(C)(=O)=O. The third-order valence-electron chi connectivity index (χ3n) is 6.14. The molecule has 2 aromatic rings. The van der Waals surface area contributed by atoms with E-state index in [1.54, 1.807) is 6.92 Å². The van der Waals surface area contributed by atoms with Crippen molar-refractivity contribution >= 4 is 33.2 Å². The minimum Gasteiger partial charge on any atom is -0.352 e. The van der Waals surface area contributed by atoms with Gasteiger partial charge in [-0.2, -0.15) is 0 Å². The van der Waals surface area contributed by atoms with Gasteiger partial charge in [0.2, 0.25) is 21.8 Å². The fourth-order valence-electron chi connectivity index (χ4n) is 4.14. The van der Waals surface area contributed by atoms with E-state index in [-0.39, 0.29) is 29.9 Å². The molecule has 194 valence electrons. The minimum atomic E-state index is -4.02. The lowest BCUT2D eigenvalue weighted by molar-refractivity contribution is -0.384. The Morgan fingerprint density at radius 1 is 1.17 bits per heavy atom. The molecule has 1 N–H and O–H groups in total. The van der Waals surface area contributed by atoms with Crippen LogP contribution in [-0.2, 0) is 26.2 Å². The van der Waals surface area contributed by atoms with Gasteiger partial charge in [-0.25, -0.2) is 12.8 Å². The van der Waals surface area contributed by atoms with Gasteiger partial charge < -0.3 is 10.2 Å². The molecular formula is C24H29FN4O6S. The van der Waals surface area contributed by atoms with Crippen LogP contribution in [0.25, 0.3) is 0 Å². The lowest BCUT2D eigenvalue weighted by Gasteiger charge is -2.32. The van der Waals surface area contributed by atoms with Gasteiger partial charge in [-0.05, 0) is 43.5 Å². The highest BCUT2D eigenvalue weighted by molar-refractivity contribution is 7.92. The first-order valence-electron chi connectivity index (χ1n) is 11.5. The molecule has 0 aliphatic heterocycles. The van der Waals surface area contributed by atoms with Gasteiger partial charge in [0.25, 0.3) is 5.69 Å². The molecule has 1 aliphatic carbocycles. The van der Waals surface area contributed by atoms with Crippen LogP contribution in [0.5, 0.6) is 0 Å². The number of sulfonamides is 1. The number of benzene rings is 2. The van der Waals surface area contributed by atoms with Crippen LogP contribution < -0.4 is 9.62 Å². The van der Waals surface area contributed by atoms with Gasteiger partial charge >= 0.3 is 0 Å². The van der Waals surface area contributed by atoms with E-state index in [1.807, 2.05) is 0 Å². The Kier molecular flexibility index (Phi) is 8.62. The van der Waals surface area contributed by atoms with Crippen molar-refractivity contribution in [2.24, 2.45) is 0 Å². The summed E-state index contributed by atoms with van der Waals surface area (Å²) in [7, 11) is -4.02. The Labute approximate surface area is 209 Å². The van der Waals surface area contributed by atoms with E-state index in [9.17, 15) is 32.5 Å². The van der Waals surface area contributed by atoms with Crippen molar-refractivity contribution in [1.29, 1.82) is 0 Å². The van der Waals surface area contributed by atoms with E-state index in [0.29, 0.717) is 5.56 Å². The van der Waals surface area contributed by atoms with Crippen molar-refractivity contribution in [1.82, 2.24) is 10.2 Å². The number of nitro benzene ring substituents is 1. The van der Waals surface area contributed by atoms with Gasteiger partial charge in [0.1, 0.15) is 18.4 Å². The summed E-state index contributed by atoms with van der Waals surface area (Å²) in [6.07, 6.45) is 4.59. The number of carbonyl (C=O) groups is 2. The molecule has 1 aliphatic rings. The Balaban J connectivity index is 1.90. The van der Waals surface area contributed by atoms with E-state index >= 15 is 0 Å². The molecule has 2 aromatic carbocycles. The molecule has 0 aromatic heterocycles. The Morgan fingerprint density at radius 2 is 1.81 bits per heavy atom. The summed E-state index contributed by atoms with van der Waals surface area (Å²) in [5.74, 6) is -1.53. The lowest BCUT2D eigenvalue weighted by atomic mass is 10.1. The second kappa shape index (κ2) is 11.5. The van der Waals surface area contributed by atoms with E-state index in [1.165, 1.54) is 47.4 Å². The maximum atomic E-state index is 13.5. The second-order valence-corrected chi connectivity index (χ2v) is 10.8. The smallest absolute Gasteiger partial charge is 0.271 e. The number of hydrogen-bond acceptors (Lipinski definition) is 6. The van der Waals surface area contributed by atoms with Crippen LogP contribution in [0.1, 0.15) is 38.2 Å². The molecule has 0 spiro atoms. The minimum absolute atomic E-state index is 0.0140. The topological polar surface area (TPSA) is 130 Å². The highest BCUT2D eigenvalue weighted by atomic mass is 32.2. The number of amides is 2. The summed E-state index contributed by atoms with van der Waals surface area (Å²) in [5, 5.41) is 14.1. The quantitative estimate of drug-likeness (QED) is 0.379. The fourth-order valence-corrected chi connectivity index (χ4v) is 4.98. The third-order valence-corrected chi connectivity index (χ3v) is 7.28. The highest BCUT2D eigenvalue weighted by Gasteiger charge is 2.31. The number of rotatable bonds is 10. The zero-order valence-corrected chi connectivity index (χ0v) is 20.9. The zero-order chi connectivity index (χ0) is 26.5. The van der Waals surface area contributed by atoms with Crippen molar-refractivity contribution in [3.8, 4) is 0 Å². The average Bonchev–Trinajstić information content (AvgIpc) is 3.34. The monoisotopic (exact) mass is 520 g/mol. The maximum Gasteiger partial charge on any atom is 0.271 e. The summed E-state index contributed by atoms with van der Waals surface area (Å²) < 4.78 is 39.3. The largest absolute Gasteiger partial charge is 0.352 e. The van der Waals surface area contributed by atoms with Crippen LogP contribution in [0.3, 0.4) is 0 Å². The Hall–Kier alpha value is -3.54. The molecule has 0 bridgehead atoms. The first-order valence-corrected chi connectivity index (χ1v) is 13.4. The van der Waals surface area contributed by atoms with E-state index in [4.69, 9.17) is 0 Å². The van der Waals surface area contributed by atoms with Crippen molar-refractivity contribution in [2.45, 2.75) is 51.2 Å². The van der Waals surface area contributed by atoms with E-state index in [2.05, 4.69) is 5.32 Å². The number of nitrogens with one attached hydrogen (secondary N) is 1. The number of hydrogen-bond donors (Lipinski definition) is 1. The van der Waals surface area contributed by atoms with Crippen molar-refractivity contribution < 1.29 is 27.3 Å². The third kappa shape index (κ3) is 7.00.